The summed E-state index contributed by atoms with van der Waals surface area (Å²) in [6.07, 6.45) is 5.37. The summed E-state index contributed by atoms with van der Waals surface area (Å²) in [5, 5.41) is 3.75. The van der Waals surface area contributed by atoms with Crippen LogP contribution in [0.25, 0.3) is 0 Å². The molecule has 2 fully saturated rings. The fourth-order valence-electron chi connectivity index (χ4n) is 2.95. The molecule has 0 heterocycles. The van der Waals surface area contributed by atoms with Crippen LogP contribution in [0.5, 0.6) is 0 Å². The van der Waals surface area contributed by atoms with Crippen LogP contribution in [0.4, 0.5) is 5.69 Å². The Morgan fingerprint density at radius 3 is 2.35 bits per heavy atom. The number of hydrogen-bond acceptors (Lipinski definition) is 2. The maximum absolute atomic E-state index is 6.10. The molecule has 0 atom stereocenters. The lowest BCUT2D eigenvalue weighted by molar-refractivity contribution is 0.366. The molecule has 3 rings (SSSR count). The Bertz CT molecular complexity index is 398. The summed E-state index contributed by atoms with van der Waals surface area (Å²) in [5.41, 5.74) is 7.47. The third kappa shape index (κ3) is 2.23. The van der Waals surface area contributed by atoms with Gasteiger partial charge < -0.3 is 11.1 Å². The lowest BCUT2D eigenvalue weighted by Crippen LogP contribution is -2.49. The molecule has 3 N–H and O–H groups in total. The quantitative estimate of drug-likeness (QED) is 0.874. The molecule has 0 spiro atoms. The van der Waals surface area contributed by atoms with Crippen molar-refractivity contribution in [3.8, 4) is 0 Å². The van der Waals surface area contributed by atoms with Crippen molar-refractivity contribution in [1.82, 2.24) is 0 Å². The highest BCUT2D eigenvalue weighted by atomic mass is 79.9. The number of hydrogen-bond donors (Lipinski definition) is 2. The second-order valence-corrected chi connectivity index (χ2v) is 6.34. The van der Waals surface area contributed by atoms with Crippen molar-refractivity contribution in [2.45, 2.75) is 31.2 Å². The fourth-order valence-corrected chi connectivity index (χ4v) is 3.35. The first-order valence-electron chi connectivity index (χ1n) is 6.48. The van der Waals surface area contributed by atoms with E-state index in [4.69, 9.17) is 5.73 Å². The molecule has 1 aromatic rings. The zero-order chi connectivity index (χ0) is 11.9. The number of nitrogens with one attached hydrogen (secondary N) is 1. The van der Waals surface area contributed by atoms with Crippen LogP contribution in [0.15, 0.2) is 28.7 Å². The van der Waals surface area contributed by atoms with Crippen molar-refractivity contribution in [2.24, 2.45) is 17.6 Å². The van der Waals surface area contributed by atoms with Crippen LogP contribution in [0.1, 0.15) is 25.7 Å². The number of benzene rings is 1. The van der Waals surface area contributed by atoms with Gasteiger partial charge in [0.05, 0.1) is 5.54 Å². The Kier molecular flexibility index (Phi) is 2.91. The molecule has 17 heavy (non-hydrogen) atoms. The highest BCUT2D eigenvalue weighted by molar-refractivity contribution is 9.10. The molecule has 0 radical (unpaired) electrons. The van der Waals surface area contributed by atoms with Gasteiger partial charge >= 0.3 is 0 Å². The maximum Gasteiger partial charge on any atom is 0.0551 e. The second-order valence-electron chi connectivity index (χ2n) is 5.43. The number of anilines is 1. The van der Waals surface area contributed by atoms with E-state index < -0.39 is 0 Å². The predicted molar refractivity (Wildman–Crippen MR) is 75.0 cm³/mol. The molecule has 1 aromatic carbocycles. The zero-order valence-electron chi connectivity index (χ0n) is 9.95. The molecule has 0 unspecified atom stereocenters. The molecular weight excluding hydrogens is 276 g/mol. The molecule has 2 aliphatic carbocycles. The van der Waals surface area contributed by atoms with Crippen molar-refractivity contribution in [1.29, 1.82) is 0 Å². The van der Waals surface area contributed by atoms with E-state index in [2.05, 4.69) is 45.5 Å². The average molecular weight is 295 g/mol. The first-order chi connectivity index (χ1) is 8.24. The van der Waals surface area contributed by atoms with E-state index in [0.717, 1.165) is 22.9 Å². The van der Waals surface area contributed by atoms with Gasteiger partial charge in [-0.25, -0.2) is 0 Å². The van der Waals surface area contributed by atoms with Gasteiger partial charge in [0.2, 0.25) is 0 Å². The van der Waals surface area contributed by atoms with E-state index >= 15 is 0 Å². The molecule has 2 aliphatic rings. The third-order valence-electron chi connectivity index (χ3n) is 4.15. The van der Waals surface area contributed by atoms with E-state index in [0.29, 0.717) is 0 Å². The number of halogens is 1. The Labute approximate surface area is 111 Å². The van der Waals surface area contributed by atoms with Gasteiger partial charge in [0.25, 0.3) is 0 Å². The van der Waals surface area contributed by atoms with Gasteiger partial charge in [-0.2, -0.15) is 0 Å². The van der Waals surface area contributed by atoms with Crippen molar-refractivity contribution in [3.63, 3.8) is 0 Å². The molecule has 0 bridgehead atoms. The van der Waals surface area contributed by atoms with Gasteiger partial charge in [-0.15, -0.1) is 0 Å². The molecule has 92 valence electrons. The minimum atomic E-state index is 0.167. The van der Waals surface area contributed by atoms with Crippen LogP contribution >= 0.6 is 15.9 Å². The fraction of sp³-hybridized carbons (Fsp3) is 0.571. The molecule has 3 heteroatoms. The molecule has 0 aromatic heterocycles. The van der Waals surface area contributed by atoms with Gasteiger partial charge in [-0.05, 0) is 55.7 Å². The molecule has 0 aliphatic heterocycles. The monoisotopic (exact) mass is 294 g/mol. The van der Waals surface area contributed by atoms with Gasteiger partial charge in [-0.1, -0.05) is 22.0 Å². The van der Waals surface area contributed by atoms with Gasteiger partial charge in [-0.3, -0.25) is 0 Å². The van der Waals surface area contributed by atoms with Crippen LogP contribution in [0.3, 0.4) is 0 Å². The molecular formula is C14H19BrN2. The van der Waals surface area contributed by atoms with E-state index in [-0.39, 0.29) is 5.54 Å². The largest absolute Gasteiger partial charge is 0.378 e. The summed E-state index contributed by atoms with van der Waals surface area (Å²) in [5.74, 6) is 1.58. The standard InChI is InChI=1S/C14H19BrN2/c15-12-2-1-3-13(8-12)17-14(9-16,10-4-5-10)11-6-7-11/h1-3,8,10-11,17H,4-7,9,16H2. The Balaban J connectivity index is 1.84. The van der Waals surface area contributed by atoms with E-state index in [9.17, 15) is 0 Å². The average Bonchev–Trinajstić information content (AvgIpc) is 3.18. The van der Waals surface area contributed by atoms with Crippen LogP contribution < -0.4 is 11.1 Å². The van der Waals surface area contributed by atoms with Crippen molar-refractivity contribution < 1.29 is 0 Å². The van der Waals surface area contributed by atoms with Crippen molar-refractivity contribution in [3.05, 3.63) is 28.7 Å². The molecule has 2 nitrogen and oxygen atoms in total. The smallest absolute Gasteiger partial charge is 0.0551 e. The second kappa shape index (κ2) is 4.29. The Morgan fingerprint density at radius 2 is 1.88 bits per heavy atom. The molecule has 0 saturated heterocycles. The SMILES string of the molecule is NCC(Nc1cccc(Br)c1)(C1CC1)C1CC1. The topological polar surface area (TPSA) is 38.0 Å². The molecule has 0 amide bonds. The lowest BCUT2D eigenvalue weighted by Gasteiger charge is -2.35. The third-order valence-corrected chi connectivity index (χ3v) is 4.64. The summed E-state index contributed by atoms with van der Waals surface area (Å²) in [7, 11) is 0. The first-order valence-corrected chi connectivity index (χ1v) is 7.28. The number of nitrogens with two attached hydrogens (primary N) is 1. The van der Waals surface area contributed by atoms with Gasteiger partial charge in [0, 0.05) is 16.7 Å². The van der Waals surface area contributed by atoms with E-state index in [1.165, 1.54) is 31.4 Å². The summed E-state index contributed by atoms with van der Waals surface area (Å²) in [6.45, 7) is 0.759. The maximum atomic E-state index is 6.10. The number of rotatable bonds is 5. The van der Waals surface area contributed by atoms with Crippen LogP contribution in [0, 0.1) is 11.8 Å². The van der Waals surface area contributed by atoms with Gasteiger partial charge in [0.15, 0.2) is 0 Å². The first kappa shape index (κ1) is 11.5. The minimum Gasteiger partial charge on any atom is -0.378 e. The zero-order valence-corrected chi connectivity index (χ0v) is 11.5. The Morgan fingerprint density at radius 1 is 1.24 bits per heavy atom. The van der Waals surface area contributed by atoms with Crippen molar-refractivity contribution in [2.75, 3.05) is 11.9 Å². The van der Waals surface area contributed by atoms with Crippen LogP contribution in [0.2, 0.25) is 0 Å². The normalized spacial score (nSPS) is 20.4. The van der Waals surface area contributed by atoms with Crippen LogP contribution in [-0.2, 0) is 0 Å². The summed E-state index contributed by atoms with van der Waals surface area (Å²) >= 11 is 3.53. The predicted octanol–water partition coefficient (Wildman–Crippen LogP) is 3.38. The van der Waals surface area contributed by atoms with E-state index in [1.54, 1.807) is 0 Å². The summed E-state index contributed by atoms with van der Waals surface area (Å²) in [6, 6.07) is 8.42. The summed E-state index contributed by atoms with van der Waals surface area (Å²) in [4.78, 5) is 0. The highest BCUT2D eigenvalue weighted by Gasteiger charge is 2.53. The lowest BCUT2D eigenvalue weighted by atomic mass is 9.87. The molecule has 2 saturated carbocycles. The van der Waals surface area contributed by atoms with E-state index in [1.807, 2.05) is 0 Å². The summed E-state index contributed by atoms with van der Waals surface area (Å²) < 4.78 is 1.13. The van der Waals surface area contributed by atoms with Crippen LogP contribution in [-0.4, -0.2) is 12.1 Å². The van der Waals surface area contributed by atoms with Gasteiger partial charge in [0.1, 0.15) is 0 Å². The Hall–Kier alpha value is -0.540. The van der Waals surface area contributed by atoms with Crippen molar-refractivity contribution >= 4 is 21.6 Å². The minimum absolute atomic E-state index is 0.167. The highest BCUT2D eigenvalue weighted by Crippen LogP contribution is 2.53.